The molecular formula is C22H34N3O6P. The number of benzene rings is 1. The summed E-state index contributed by atoms with van der Waals surface area (Å²) in [6.45, 7) is 11.3. The monoisotopic (exact) mass is 467 g/mol. The number of hydrogen-bond acceptors (Lipinski definition) is 7. The van der Waals surface area contributed by atoms with E-state index in [0.29, 0.717) is 11.3 Å². The van der Waals surface area contributed by atoms with Crippen molar-refractivity contribution < 1.29 is 27.9 Å². The normalized spacial score (nSPS) is 23.4. The average molecular weight is 468 g/mol. The molecule has 0 aliphatic carbocycles. The Hall–Kier alpha value is -1.90. The maximum atomic E-state index is 13.4. The van der Waals surface area contributed by atoms with Crippen molar-refractivity contribution in [2.75, 3.05) is 6.61 Å². The molecular weight excluding hydrogens is 433 g/mol. The first-order valence-corrected chi connectivity index (χ1v) is 12.4. The molecule has 1 aromatic heterocycles. The molecule has 0 amide bonds. The lowest BCUT2D eigenvalue weighted by Crippen LogP contribution is -2.28. The summed E-state index contributed by atoms with van der Waals surface area (Å²) in [5, 5.41) is 3.63. The number of carbonyl (C=O) groups is 1. The largest absolute Gasteiger partial charge is 0.459 e. The van der Waals surface area contributed by atoms with Gasteiger partial charge >= 0.3 is 13.8 Å². The second-order valence-corrected chi connectivity index (χ2v) is 11.2. The topological polar surface area (TPSA) is 114 Å². The van der Waals surface area contributed by atoms with Crippen molar-refractivity contribution in [3.05, 3.63) is 30.5 Å². The van der Waals surface area contributed by atoms with Gasteiger partial charge in [0, 0.05) is 17.6 Å². The number of ether oxygens (including phenoxy) is 2. The van der Waals surface area contributed by atoms with Gasteiger partial charge in [0.15, 0.2) is 0 Å². The minimum Gasteiger partial charge on any atom is -0.443 e. The van der Waals surface area contributed by atoms with Gasteiger partial charge in [-0.25, -0.2) is 14.4 Å². The van der Waals surface area contributed by atoms with Gasteiger partial charge in [0.05, 0.1) is 18.2 Å². The number of carbonyl (C=O) groups excluding carboxylic acids is 1. The summed E-state index contributed by atoms with van der Waals surface area (Å²) >= 11 is 0. The Balaban J connectivity index is 1.75. The van der Waals surface area contributed by atoms with E-state index in [-0.39, 0.29) is 30.9 Å². The van der Waals surface area contributed by atoms with Gasteiger partial charge in [-0.2, -0.15) is 0 Å². The first-order valence-electron chi connectivity index (χ1n) is 10.8. The third-order valence-corrected chi connectivity index (χ3v) is 6.64. The van der Waals surface area contributed by atoms with E-state index in [2.05, 4.69) is 5.09 Å². The van der Waals surface area contributed by atoms with E-state index < -0.39 is 19.4 Å². The zero-order valence-electron chi connectivity index (χ0n) is 19.5. The quantitative estimate of drug-likeness (QED) is 0.567. The second-order valence-electron chi connectivity index (χ2n) is 9.49. The van der Waals surface area contributed by atoms with Crippen LogP contribution in [0, 0.1) is 5.92 Å². The SMILES string of the molecule is CC(C)NP(=O)(OCC1CC(C)C(N)O1)Oc1ccc2c(ccn2C(=O)OC(C)(C)C)c1. The third kappa shape index (κ3) is 6.33. The molecule has 32 heavy (non-hydrogen) atoms. The van der Waals surface area contributed by atoms with Crippen LogP contribution in [0.4, 0.5) is 4.79 Å². The molecule has 0 radical (unpaired) electrons. The summed E-state index contributed by atoms with van der Waals surface area (Å²) in [6.07, 6.45) is 1.30. The number of hydrogen-bond donors (Lipinski definition) is 2. The smallest absolute Gasteiger partial charge is 0.443 e. The predicted molar refractivity (Wildman–Crippen MR) is 123 cm³/mol. The van der Waals surface area contributed by atoms with Crippen LogP contribution in [0.15, 0.2) is 30.5 Å². The molecule has 1 aliphatic heterocycles. The fourth-order valence-corrected chi connectivity index (χ4v) is 5.01. The molecule has 2 aromatic rings. The molecule has 1 saturated heterocycles. The fourth-order valence-electron chi connectivity index (χ4n) is 3.44. The number of nitrogens with one attached hydrogen (secondary N) is 1. The average Bonchev–Trinajstić information content (AvgIpc) is 3.21. The van der Waals surface area contributed by atoms with Crippen LogP contribution >= 0.6 is 7.75 Å². The number of rotatable bonds is 7. The van der Waals surface area contributed by atoms with E-state index in [1.54, 1.807) is 30.5 Å². The molecule has 1 aliphatic rings. The zero-order chi connectivity index (χ0) is 23.7. The molecule has 178 valence electrons. The Morgan fingerprint density at radius 1 is 1.34 bits per heavy atom. The van der Waals surface area contributed by atoms with Crippen LogP contribution in [0.2, 0.25) is 0 Å². The Bertz CT molecular complexity index is 989. The van der Waals surface area contributed by atoms with E-state index in [9.17, 15) is 9.36 Å². The minimum absolute atomic E-state index is 0.103. The van der Waals surface area contributed by atoms with Crippen molar-refractivity contribution in [2.24, 2.45) is 11.7 Å². The van der Waals surface area contributed by atoms with Crippen molar-refractivity contribution in [2.45, 2.75) is 71.9 Å². The lowest BCUT2D eigenvalue weighted by atomic mass is 10.1. The number of aromatic nitrogens is 1. The highest BCUT2D eigenvalue weighted by Gasteiger charge is 2.34. The van der Waals surface area contributed by atoms with E-state index in [1.807, 2.05) is 41.5 Å². The minimum atomic E-state index is -3.68. The third-order valence-electron chi connectivity index (χ3n) is 4.87. The number of nitrogens with zero attached hydrogens (tertiary/aromatic N) is 1. The van der Waals surface area contributed by atoms with Gasteiger partial charge in [0.1, 0.15) is 17.6 Å². The van der Waals surface area contributed by atoms with Gasteiger partial charge in [-0.3, -0.25) is 9.09 Å². The Morgan fingerprint density at radius 2 is 2.06 bits per heavy atom. The van der Waals surface area contributed by atoms with E-state index >= 15 is 0 Å². The van der Waals surface area contributed by atoms with Crippen LogP contribution in [0.5, 0.6) is 5.75 Å². The van der Waals surface area contributed by atoms with Gasteiger partial charge in [-0.05, 0) is 71.2 Å². The van der Waals surface area contributed by atoms with Crippen molar-refractivity contribution in [1.82, 2.24) is 9.65 Å². The van der Waals surface area contributed by atoms with Crippen molar-refractivity contribution >= 4 is 24.7 Å². The molecule has 0 bridgehead atoms. The summed E-state index contributed by atoms with van der Waals surface area (Å²) in [7, 11) is -3.68. The van der Waals surface area contributed by atoms with Gasteiger partial charge < -0.3 is 19.7 Å². The summed E-state index contributed by atoms with van der Waals surface area (Å²) in [5.74, 6) is 0.562. The Morgan fingerprint density at radius 3 is 2.66 bits per heavy atom. The maximum Gasteiger partial charge on any atom is 0.459 e. The summed E-state index contributed by atoms with van der Waals surface area (Å²) < 4.78 is 37.4. The van der Waals surface area contributed by atoms with Crippen LogP contribution in [-0.4, -0.2) is 41.2 Å². The highest BCUT2D eigenvalue weighted by molar-refractivity contribution is 7.52. The molecule has 1 fully saturated rings. The van der Waals surface area contributed by atoms with Crippen LogP contribution in [0.3, 0.4) is 0 Å². The standard InChI is InChI=1S/C22H34N3O6P/c1-14(2)24-32(27,28-13-18-11-15(3)20(23)29-18)31-17-7-8-19-16(12-17)9-10-25(19)21(26)30-22(4,5)6/h7-10,12,14-15,18,20H,11,13,23H2,1-6H3,(H,24,27). The fraction of sp³-hybridized carbons (Fsp3) is 0.591. The molecule has 3 rings (SSSR count). The first kappa shape index (κ1) is 24.7. The van der Waals surface area contributed by atoms with Crippen LogP contribution in [0.1, 0.15) is 48.0 Å². The molecule has 1 aromatic carbocycles. The van der Waals surface area contributed by atoms with Crippen molar-refractivity contribution in [3.8, 4) is 5.75 Å². The molecule has 9 nitrogen and oxygen atoms in total. The van der Waals surface area contributed by atoms with E-state index in [1.165, 1.54) is 4.57 Å². The van der Waals surface area contributed by atoms with E-state index in [4.69, 9.17) is 24.3 Å². The van der Waals surface area contributed by atoms with Crippen molar-refractivity contribution in [3.63, 3.8) is 0 Å². The highest BCUT2D eigenvalue weighted by atomic mass is 31.2. The highest BCUT2D eigenvalue weighted by Crippen LogP contribution is 2.46. The maximum absolute atomic E-state index is 13.4. The molecule has 10 heteroatoms. The number of nitrogens with two attached hydrogens (primary N) is 1. The van der Waals surface area contributed by atoms with E-state index in [0.717, 1.165) is 11.8 Å². The Labute approximate surface area is 189 Å². The predicted octanol–water partition coefficient (Wildman–Crippen LogP) is 4.64. The second kappa shape index (κ2) is 9.53. The van der Waals surface area contributed by atoms with Crippen LogP contribution in [0.25, 0.3) is 10.9 Å². The van der Waals surface area contributed by atoms with Gasteiger partial charge in [0.2, 0.25) is 0 Å². The molecule has 3 N–H and O–H groups in total. The molecule has 4 atom stereocenters. The van der Waals surface area contributed by atoms with Crippen LogP contribution in [-0.2, 0) is 18.6 Å². The van der Waals surface area contributed by atoms with Crippen molar-refractivity contribution in [1.29, 1.82) is 0 Å². The molecule has 0 saturated carbocycles. The number of fused-ring (bicyclic) bond motifs is 1. The van der Waals surface area contributed by atoms with Gasteiger partial charge in [-0.1, -0.05) is 6.92 Å². The lowest BCUT2D eigenvalue weighted by Gasteiger charge is -2.23. The molecule has 4 unspecified atom stereocenters. The zero-order valence-corrected chi connectivity index (χ0v) is 20.4. The summed E-state index contributed by atoms with van der Waals surface area (Å²) in [6, 6.07) is 6.70. The van der Waals surface area contributed by atoms with Crippen LogP contribution < -0.4 is 15.3 Å². The summed E-state index contributed by atoms with van der Waals surface area (Å²) in [4.78, 5) is 12.4. The van der Waals surface area contributed by atoms with Gasteiger partial charge in [0.25, 0.3) is 0 Å². The molecule has 0 spiro atoms. The first-order chi connectivity index (χ1) is 14.8. The molecule has 2 heterocycles. The summed E-state index contributed by atoms with van der Waals surface area (Å²) in [5.41, 5.74) is 5.94. The lowest BCUT2D eigenvalue weighted by molar-refractivity contribution is 0.0127. The Kier molecular flexibility index (Phi) is 7.37. The van der Waals surface area contributed by atoms with Gasteiger partial charge in [-0.15, -0.1) is 0 Å².